The summed E-state index contributed by atoms with van der Waals surface area (Å²) in [5.41, 5.74) is 0. The van der Waals surface area contributed by atoms with Gasteiger partial charge in [-0.3, -0.25) is 0 Å². The molecule has 0 aromatic carbocycles. The Bertz CT molecular complexity index is 65.4. The Hall–Kier alpha value is 0.467. The van der Waals surface area contributed by atoms with Crippen molar-refractivity contribution < 1.29 is 0 Å². The van der Waals surface area contributed by atoms with Gasteiger partial charge in [-0.15, -0.1) is 11.1 Å². The van der Waals surface area contributed by atoms with Gasteiger partial charge >= 0.3 is 0 Å². The maximum atomic E-state index is 6.05. The Kier molecular flexibility index (Phi) is 3.69. The monoisotopic (exact) mass is 151 g/mol. The first-order chi connectivity index (χ1) is 3.62. The van der Waals surface area contributed by atoms with Gasteiger partial charge in [-0.25, -0.2) is 0 Å². The van der Waals surface area contributed by atoms with Crippen LogP contribution in [0.1, 0.15) is 13.8 Å². The van der Waals surface area contributed by atoms with E-state index in [1.54, 1.807) is 0 Å². The van der Waals surface area contributed by atoms with Gasteiger partial charge in [0.25, 0.3) is 0 Å². The quantitative estimate of drug-likeness (QED) is 0.480. The van der Waals surface area contributed by atoms with Crippen LogP contribution < -0.4 is 4.98 Å². The van der Waals surface area contributed by atoms with E-state index in [9.17, 15) is 0 Å². The van der Waals surface area contributed by atoms with Gasteiger partial charge in [0, 0.05) is 0 Å². The van der Waals surface area contributed by atoms with Crippen LogP contribution in [0.25, 0.3) is 0 Å². The molecule has 0 heterocycles. The van der Waals surface area contributed by atoms with E-state index < -0.39 is 7.55 Å². The molecule has 0 saturated carbocycles. The second-order valence-electron chi connectivity index (χ2n) is 2.08. The van der Waals surface area contributed by atoms with E-state index in [0.717, 1.165) is 12.6 Å². The van der Waals surface area contributed by atoms with Crippen molar-refractivity contribution >= 4 is 18.6 Å². The van der Waals surface area contributed by atoms with Crippen molar-refractivity contribution in [2.24, 2.45) is 0 Å². The fourth-order valence-corrected chi connectivity index (χ4v) is 1.88. The maximum Gasteiger partial charge on any atom is 0.223 e. The zero-order chi connectivity index (χ0) is 6.62. The zero-order valence-corrected chi connectivity index (χ0v) is 7.55. The summed E-state index contributed by atoms with van der Waals surface area (Å²) in [4.78, 5) is 3.28. The van der Waals surface area contributed by atoms with Gasteiger partial charge in [0.2, 0.25) is 7.55 Å². The van der Waals surface area contributed by atoms with E-state index in [4.69, 9.17) is 11.1 Å². The molecule has 50 valence electrons. The topological polar surface area (TPSA) is 12.0 Å². The highest BCUT2D eigenvalue weighted by Gasteiger charge is 2.19. The van der Waals surface area contributed by atoms with Gasteiger partial charge in [0.05, 0.1) is 0 Å². The summed E-state index contributed by atoms with van der Waals surface area (Å²) in [6.45, 7) is 7.34. The third-order valence-corrected chi connectivity index (χ3v) is 4.83. The van der Waals surface area contributed by atoms with Crippen LogP contribution in [0.3, 0.4) is 0 Å². The third-order valence-electron chi connectivity index (χ3n) is 1.21. The lowest BCUT2D eigenvalue weighted by atomic mass is 10.8. The molecule has 1 atom stereocenters. The Balaban J connectivity index is 3.37. The van der Waals surface area contributed by atoms with Crippen LogP contribution in [0.2, 0.25) is 12.6 Å². The normalized spacial score (nSPS) is 18.0. The molecule has 0 saturated heterocycles. The molecular weight excluding hydrogens is 138 g/mol. The lowest BCUT2D eigenvalue weighted by Gasteiger charge is -2.16. The standard InChI is InChI=1S/C5H14ClNSi/c1-4-7-8(3,6)5-2/h7H,4-5H2,1-3H3. The van der Waals surface area contributed by atoms with Gasteiger partial charge < -0.3 is 4.98 Å². The summed E-state index contributed by atoms with van der Waals surface area (Å²) in [5, 5.41) is 0. The number of hydrogen-bond acceptors (Lipinski definition) is 1. The van der Waals surface area contributed by atoms with Crippen molar-refractivity contribution in [2.75, 3.05) is 6.54 Å². The van der Waals surface area contributed by atoms with Crippen LogP contribution in [0.15, 0.2) is 0 Å². The summed E-state index contributed by atoms with van der Waals surface area (Å²) in [6.07, 6.45) is 0. The Morgan fingerprint density at radius 1 is 1.50 bits per heavy atom. The second-order valence-corrected chi connectivity index (χ2v) is 8.04. The average molecular weight is 152 g/mol. The lowest BCUT2D eigenvalue weighted by molar-refractivity contribution is 0.968. The van der Waals surface area contributed by atoms with Crippen LogP contribution in [0.5, 0.6) is 0 Å². The molecule has 0 aliphatic rings. The van der Waals surface area contributed by atoms with E-state index in [1.807, 2.05) is 0 Å². The fraction of sp³-hybridized carbons (Fsp3) is 1.00. The van der Waals surface area contributed by atoms with Crippen LogP contribution in [-0.2, 0) is 0 Å². The van der Waals surface area contributed by atoms with Crippen molar-refractivity contribution in [1.29, 1.82) is 0 Å². The Morgan fingerprint density at radius 2 is 2.00 bits per heavy atom. The Morgan fingerprint density at radius 3 is 2.12 bits per heavy atom. The predicted molar refractivity (Wildman–Crippen MR) is 41.6 cm³/mol. The highest BCUT2D eigenvalue weighted by atomic mass is 35.6. The molecule has 1 N–H and O–H groups in total. The molecule has 0 radical (unpaired) electrons. The van der Waals surface area contributed by atoms with Crippen molar-refractivity contribution in [2.45, 2.75) is 26.4 Å². The summed E-state index contributed by atoms with van der Waals surface area (Å²) >= 11 is 6.05. The number of hydrogen-bond donors (Lipinski definition) is 1. The number of nitrogens with one attached hydrogen (secondary N) is 1. The van der Waals surface area contributed by atoms with Crippen LogP contribution in [0, 0.1) is 0 Å². The molecule has 0 fully saturated rings. The van der Waals surface area contributed by atoms with Crippen LogP contribution in [0.4, 0.5) is 0 Å². The van der Waals surface area contributed by atoms with Gasteiger partial charge in [0.1, 0.15) is 0 Å². The van der Waals surface area contributed by atoms with Crippen molar-refractivity contribution in [3.63, 3.8) is 0 Å². The van der Waals surface area contributed by atoms with E-state index in [1.165, 1.54) is 0 Å². The molecule has 0 amide bonds. The molecule has 1 unspecified atom stereocenters. The van der Waals surface area contributed by atoms with E-state index >= 15 is 0 Å². The summed E-state index contributed by atoms with van der Waals surface area (Å²) in [7, 11) is -1.46. The smallest absolute Gasteiger partial charge is 0.223 e. The van der Waals surface area contributed by atoms with Crippen molar-refractivity contribution in [3.05, 3.63) is 0 Å². The first kappa shape index (κ1) is 8.47. The third kappa shape index (κ3) is 3.47. The lowest BCUT2D eigenvalue weighted by Crippen LogP contribution is -2.41. The molecule has 0 aliphatic carbocycles. The minimum absolute atomic E-state index is 1.00. The molecular formula is C5H14ClNSi. The van der Waals surface area contributed by atoms with E-state index in [0.29, 0.717) is 0 Å². The highest BCUT2D eigenvalue weighted by Crippen LogP contribution is 2.08. The van der Waals surface area contributed by atoms with Crippen LogP contribution in [-0.4, -0.2) is 14.1 Å². The second kappa shape index (κ2) is 3.48. The van der Waals surface area contributed by atoms with Gasteiger partial charge in [-0.1, -0.05) is 13.8 Å². The minimum atomic E-state index is -1.46. The SMILES string of the molecule is CCN[Si](C)(Cl)CC. The molecule has 3 heteroatoms. The van der Waals surface area contributed by atoms with Gasteiger partial charge in [-0.2, -0.15) is 0 Å². The average Bonchev–Trinajstić information content (AvgIpc) is 1.67. The van der Waals surface area contributed by atoms with Gasteiger partial charge in [-0.05, 0) is 19.1 Å². The van der Waals surface area contributed by atoms with E-state index in [-0.39, 0.29) is 0 Å². The molecule has 8 heavy (non-hydrogen) atoms. The number of rotatable bonds is 3. The first-order valence-electron chi connectivity index (χ1n) is 3.06. The molecule has 0 aliphatic heterocycles. The summed E-state index contributed by atoms with van der Waals surface area (Å²) in [5.74, 6) is 0. The largest absolute Gasteiger partial charge is 0.326 e. The van der Waals surface area contributed by atoms with Crippen LogP contribution >= 0.6 is 11.1 Å². The fourth-order valence-electron chi connectivity index (χ4n) is 0.494. The highest BCUT2D eigenvalue weighted by molar-refractivity contribution is 7.18. The molecule has 0 aromatic heterocycles. The molecule has 0 bridgehead atoms. The zero-order valence-electron chi connectivity index (χ0n) is 5.79. The molecule has 0 spiro atoms. The molecule has 0 aromatic rings. The summed E-state index contributed by atoms with van der Waals surface area (Å²) in [6, 6.07) is 1.10. The van der Waals surface area contributed by atoms with Gasteiger partial charge in [0.15, 0.2) is 0 Å². The number of halogens is 1. The van der Waals surface area contributed by atoms with E-state index in [2.05, 4.69) is 25.4 Å². The predicted octanol–water partition coefficient (Wildman–Crippen LogP) is 1.93. The Labute approximate surface area is 57.2 Å². The van der Waals surface area contributed by atoms with Crippen molar-refractivity contribution in [1.82, 2.24) is 4.98 Å². The first-order valence-corrected chi connectivity index (χ1v) is 6.78. The van der Waals surface area contributed by atoms with Crippen molar-refractivity contribution in [3.8, 4) is 0 Å². The maximum absolute atomic E-state index is 6.05. The summed E-state index contributed by atoms with van der Waals surface area (Å²) < 4.78 is 0. The molecule has 0 rings (SSSR count). The molecule has 1 nitrogen and oxygen atoms in total. The minimum Gasteiger partial charge on any atom is -0.326 e.